The maximum atomic E-state index is 12.8. The first-order chi connectivity index (χ1) is 16.4. The number of rotatable bonds is 7. The highest BCUT2D eigenvalue weighted by Gasteiger charge is 2.34. The maximum absolute atomic E-state index is 12.8. The summed E-state index contributed by atoms with van der Waals surface area (Å²) in [6.07, 6.45) is -7.40. The second kappa shape index (κ2) is 10.9. The molecular weight excluding hydrogens is 486 g/mol. The van der Waals surface area contributed by atoms with Crippen molar-refractivity contribution in [1.82, 2.24) is 25.2 Å². The van der Waals surface area contributed by atoms with Crippen LogP contribution in [0.2, 0.25) is 0 Å². The van der Waals surface area contributed by atoms with Crippen LogP contribution in [-0.4, -0.2) is 71.8 Å². The first-order valence-electron chi connectivity index (χ1n) is 10.5. The predicted octanol–water partition coefficient (Wildman–Crippen LogP) is 2.29. The lowest BCUT2D eigenvalue weighted by Crippen LogP contribution is -2.49. The molecule has 3 rings (SSSR count). The number of pyridine rings is 1. The van der Waals surface area contributed by atoms with Crippen molar-refractivity contribution in [3.05, 3.63) is 51.7 Å². The summed E-state index contributed by atoms with van der Waals surface area (Å²) < 4.78 is 81.1. The Kier molecular flexibility index (Phi) is 8.19. The summed E-state index contributed by atoms with van der Waals surface area (Å²) in [6.45, 7) is 2.71. The van der Waals surface area contributed by atoms with Gasteiger partial charge < -0.3 is 19.9 Å². The second-order valence-electron chi connectivity index (χ2n) is 7.66. The van der Waals surface area contributed by atoms with Crippen molar-refractivity contribution < 1.29 is 35.9 Å². The molecule has 1 aliphatic rings. The van der Waals surface area contributed by atoms with E-state index in [0.717, 1.165) is 24.7 Å². The highest BCUT2D eigenvalue weighted by molar-refractivity contribution is 5.67. The molecule has 0 unspecified atom stereocenters. The Morgan fingerprint density at radius 3 is 2.31 bits per heavy atom. The fourth-order valence-corrected chi connectivity index (χ4v) is 3.31. The zero-order valence-corrected chi connectivity index (χ0v) is 18.2. The van der Waals surface area contributed by atoms with Gasteiger partial charge in [-0.05, 0) is 11.6 Å². The number of carbonyl (C=O) groups excluding carboxylic acids is 1. The van der Waals surface area contributed by atoms with Crippen LogP contribution in [0.25, 0.3) is 0 Å². The molecule has 0 aromatic carbocycles. The molecular formula is C20H22F6N6O3. The number of halogens is 6. The van der Waals surface area contributed by atoms with E-state index < -0.39 is 35.1 Å². The molecule has 15 heteroatoms. The van der Waals surface area contributed by atoms with Crippen molar-refractivity contribution in [1.29, 1.82) is 0 Å². The molecule has 1 aliphatic heterocycles. The van der Waals surface area contributed by atoms with Gasteiger partial charge in [-0.1, -0.05) is 0 Å². The summed E-state index contributed by atoms with van der Waals surface area (Å²) in [6, 6.07) is 0.718. The van der Waals surface area contributed by atoms with E-state index in [4.69, 9.17) is 4.74 Å². The largest absolute Gasteiger partial charge is 0.449 e. The molecule has 0 spiro atoms. The van der Waals surface area contributed by atoms with E-state index in [-0.39, 0.29) is 31.1 Å². The van der Waals surface area contributed by atoms with E-state index in [1.165, 1.54) is 0 Å². The van der Waals surface area contributed by atoms with Crippen LogP contribution in [0.5, 0.6) is 0 Å². The number of H-pyrrole nitrogens is 1. The Bertz CT molecular complexity index is 1050. The number of anilines is 1. The number of piperazine rings is 1. The number of ether oxygens (including phenoxy) is 1. The van der Waals surface area contributed by atoms with Crippen molar-refractivity contribution in [2.75, 3.05) is 50.8 Å². The standard InChI is InChI=1S/C20H22F6N6O3/c21-19(22,23)14-11-29-17(30-12-14)32-6-4-31(5-7-32)3-2-27-18(34)35-8-1-13-9-15(20(24,25)26)16(33)28-10-13/h9-12H,1-8H2,(H,27,34)(H,28,33). The maximum Gasteiger partial charge on any atom is 0.421 e. The van der Waals surface area contributed by atoms with Crippen LogP contribution < -0.4 is 15.8 Å². The predicted molar refractivity (Wildman–Crippen MR) is 111 cm³/mol. The van der Waals surface area contributed by atoms with E-state index in [1.54, 1.807) is 4.90 Å². The Labute approximate surface area is 195 Å². The lowest BCUT2D eigenvalue weighted by molar-refractivity contribution is -0.139. The smallest absolute Gasteiger partial charge is 0.421 e. The first kappa shape index (κ1) is 26.2. The molecule has 2 N–H and O–H groups in total. The Balaban J connectivity index is 1.33. The third kappa shape index (κ3) is 7.56. The summed E-state index contributed by atoms with van der Waals surface area (Å²) in [5.74, 6) is 0.212. The number of alkyl carbamates (subject to hydrolysis) is 1. The van der Waals surface area contributed by atoms with E-state index >= 15 is 0 Å². The van der Waals surface area contributed by atoms with Gasteiger partial charge in [-0.15, -0.1) is 0 Å². The summed E-state index contributed by atoms with van der Waals surface area (Å²) in [7, 11) is 0. The van der Waals surface area contributed by atoms with Crippen LogP contribution in [0, 0.1) is 0 Å². The van der Waals surface area contributed by atoms with Gasteiger partial charge >= 0.3 is 18.4 Å². The van der Waals surface area contributed by atoms with Gasteiger partial charge in [-0.25, -0.2) is 14.8 Å². The highest BCUT2D eigenvalue weighted by Crippen LogP contribution is 2.28. The van der Waals surface area contributed by atoms with Gasteiger partial charge in [0.1, 0.15) is 5.56 Å². The number of hydrogen-bond donors (Lipinski definition) is 2. The minimum atomic E-state index is -4.78. The molecule has 2 aromatic rings. The van der Waals surface area contributed by atoms with E-state index in [9.17, 15) is 35.9 Å². The van der Waals surface area contributed by atoms with Gasteiger partial charge in [0.05, 0.1) is 12.2 Å². The van der Waals surface area contributed by atoms with Gasteiger partial charge in [0, 0.05) is 64.3 Å². The third-order valence-electron chi connectivity index (χ3n) is 5.21. The molecule has 0 radical (unpaired) electrons. The Morgan fingerprint density at radius 2 is 1.71 bits per heavy atom. The van der Waals surface area contributed by atoms with Gasteiger partial charge in [-0.3, -0.25) is 9.69 Å². The topological polar surface area (TPSA) is 103 Å². The number of hydrogen-bond acceptors (Lipinski definition) is 7. The van der Waals surface area contributed by atoms with Crippen LogP contribution in [-0.2, 0) is 23.5 Å². The number of alkyl halides is 6. The molecule has 3 heterocycles. The first-order valence-corrected chi connectivity index (χ1v) is 10.5. The van der Waals surface area contributed by atoms with Crippen molar-refractivity contribution in [3.8, 4) is 0 Å². The minimum absolute atomic E-state index is 0.0126. The molecule has 35 heavy (non-hydrogen) atoms. The van der Waals surface area contributed by atoms with Crippen molar-refractivity contribution in [2.24, 2.45) is 0 Å². The van der Waals surface area contributed by atoms with E-state index in [2.05, 4.69) is 15.3 Å². The Hall–Kier alpha value is -3.36. The van der Waals surface area contributed by atoms with E-state index in [1.807, 2.05) is 9.88 Å². The lowest BCUT2D eigenvalue weighted by atomic mass is 10.1. The van der Waals surface area contributed by atoms with Crippen molar-refractivity contribution in [2.45, 2.75) is 18.8 Å². The fraction of sp³-hybridized carbons (Fsp3) is 0.500. The molecule has 192 valence electrons. The summed E-state index contributed by atoms with van der Waals surface area (Å²) in [4.78, 5) is 36.4. The van der Waals surface area contributed by atoms with Gasteiger partial charge in [-0.2, -0.15) is 26.3 Å². The number of nitrogens with zero attached hydrogens (tertiary/aromatic N) is 4. The average Bonchev–Trinajstić information content (AvgIpc) is 2.79. The van der Waals surface area contributed by atoms with Gasteiger partial charge in [0.25, 0.3) is 5.56 Å². The zero-order valence-electron chi connectivity index (χ0n) is 18.2. The number of amides is 1. The molecule has 0 atom stereocenters. The number of aromatic nitrogens is 3. The highest BCUT2D eigenvalue weighted by atomic mass is 19.4. The third-order valence-corrected chi connectivity index (χ3v) is 5.21. The Morgan fingerprint density at radius 1 is 1.06 bits per heavy atom. The molecule has 9 nitrogen and oxygen atoms in total. The van der Waals surface area contributed by atoms with Crippen LogP contribution in [0.15, 0.2) is 29.5 Å². The molecule has 1 saturated heterocycles. The van der Waals surface area contributed by atoms with Crippen LogP contribution in [0.1, 0.15) is 16.7 Å². The van der Waals surface area contributed by atoms with Crippen LogP contribution in [0.3, 0.4) is 0 Å². The summed E-state index contributed by atoms with van der Waals surface area (Å²) in [5, 5.41) is 2.54. The molecule has 0 aliphatic carbocycles. The van der Waals surface area contributed by atoms with E-state index in [0.29, 0.717) is 32.7 Å². The average molecular weight is 508 g/mol. The summed E-state index contributed by atoms with van der Waals surface area (Å²) in [5.41, 5.74) is -3.31. The molecule has 2 aromatic heterocycles. The number of aromatic amines is 1. The van der Waals surface area contributed by atoms with Crippen molar-refractivity contribution >= 4 is 12.0 Å². The minimum Gasteiger partial charge on any atom is -0.449 e. The van der Waals surface area contributed by atoms with Crippen LogP contribution >= 0.6 is 0 Å². The molecule has 0 saturated carbocycles. The molecule has 0 bridgehead atoms. The monoisotopic (exact) mass is 508 g/mol. The molecule has 1 amide bonds. The quantitative estimate of drug-likeness (QED) is 0.554. The van der Waals surface area contributed by atoms with Gasteiger partial charge in [0.2, 0.25) is 5.95 Å². The second-order valence-corrected chi connectivity index (χ2v) is 7.66. The fourth-order valence-electron chi connectivity index (χ4n) is 3.31. The number of carbonyl (C=O) groups is 1. The van der Waals surface area contributed by atoms with Gasteiger partial charge in [0.15, 0.2) is 0 Å². The molecule has 1 fully saturated rings. The zero-order chi connectivity index (χ0) is 25.6. The number of nitrogens with one attached hydrogen (secondary N) is 2. The summed E-state index contributed by atoms with van der Waals surface area (Å²) >= 11 is 0. The lowest BCUT2D eigenvalue weighted by Gasteiger charge is -2.34. The SMILES string of the molecule is O=C(NCCN1CCN(c2ncc(C(F)(F)F)cn2)CC1)OCCc1c[nH]c(=O)c(C(F)(F)F)c1. The van der Waals surface area contributed by atoms with Crippen LogP contribution in [0.4, 0.5) is 37.1 Å². The normalized spacial score (nSPS) is 15.2. The van der Waals surface area contributed by atoms with Crippen molar-refractivity contribution in [3.63, 3.8) is 0 Å².